The highest BCUT2D eigenvalue weighted by Gasteiger charge is 2.25. The molecule has 0 amide bonds. The van der Waals surface area contributed by atoms with E-state index in [2.05, 4.69) is 10.2 Å². The Bertz CT molecular complexity index is 872. The number of rotatable bonds is 4. The van der Waals surface area contributed by atoms with Crippen molar-refractivity contribution in [3.8, 4) is 5.88 Å². The van der Waals surface area contributed by atoms with Gasteiger partial charge < -0.3 is 4.84 Å². The monoisotopic (exact) mass is 350 g/mol. The third-order valence-electron chi connectivity index (χ3n) is 3.23. The fraction of sp³-hybridized carbons (Fsp3) is 0.133. The van der Waals surface area contributed by atoms with E-state index in [0.29, 0.717) is 21.8 Å². The molecule has 1 aromatic carbocycles. The summed E-state index contributed by atoms with van der Waals surface area (Å²) in [6.45, 7) is 1.73. The van der Waals surface area contributed by atoms with Gasteiger partial charge in [-0.3, -0.25) is 4.79 Å². The molecular formula is C15H12Cl2N4O2. The van der Waals surface area contributed by atoms with Crippen LogP contribution < -0.4 is 4.84 Å². The van der Waals surface area contributed by atoms with Crippen molar-refractivity contribution in [3.63, 3.8) is 0 Å². The van der Waals surface area contributed by atoms with Crippen molar-refractivity contribution in [1.29, 1.82) is 0 Å². The molecule has 0 saturated heterocycles. The molecule has 0 saturated carbocycles. The van der Waals surface area contributed by atoms with Crippen molar-refractivity contribution in [2.24, 2.45) is 7.05 Å². The molecule has 0 aliphatic heterocycles. The second-order valence-electron chi connectivity index (χ2n) is 4.84. The van der Waals surface area contributed by atoms with Gasteiger partial charge in [0.1, 0.15) is 5.56 Å². The SMILES string of the molecule is Cc1nn(C)c(On2cccn2)c1C(=O)c1ccc(Cl)cc1Cl. The van der Waals surface area contributed by atoms with E-state index in [4.69, 9.17) is 28.0 Å². The summed E-state index contributed by atoms with van der Waals surface area (Å²) in [6, 6.07) is 6.42. The molecule has 6 nitrogen and oxygen atoms in total. The van der Waals surface area contributed by atoms with Crippen LogP contribution in [0.2, 0.25) is 10.0 Å². The summed E-state index contributed by atoms with van der Waals surface area (Å²) in [5.74, 6) is -0.0124. The fourth-order valence-electron chi connectivity index (χ4n) is 2.21. The molecule has 0 aliphatic carbocycles. The highest BCUT2D eigenvalue weighted by Crippen LogP contribution is 2.29. The maximum Gasteiger partial charge on any atom is 0.258 e. The Morgan fingerprint density at radius 3 is 2.74 bits per heavy atom. The number of hydrogen-bond acceptors (Lipinski definition) is 4. The standard InChI is InChI=1S/C15H12Cl2N4O2/c1-9-13(14(22)11-5-4-10(16)8-12(11)17)15(20(2)19-9)23-21-7-3-6-18-21/h3-8H,1-2H3. The first-order chi connectivity index (χ1) is 11.0. The van der Waals surface area contributed by atoms with Crippen LogP contribution in [0.15, 0.2) is 36.7 Å². The summed E-state index contributed by atoms with van der Waals surface area (Å²) in [7, 11) is 1.69. The second-order valence-corrected chi connectivity index (χ2v) is 5.69. The molecule has 3 rings (SSSR count). The third kappa shape index (κ3) is 2.95. The minimum Gasteiger partial charge on any atom is -0.337 e. The van der Waals surface area contributed by atoms with Gasteiger partial charge in [-0.15, -0.1) is 5.10 Å². The number of nitrogens with zero attached hydrogens (tertiary/aromatic N) is 4. The molecule has 0 atom stereocenters. The molecule has 23 heavy (non-hydrogen) atoms. The van der Waals surface area contributed by atoms with Crippen molar-refractivity contribution in [1.82, 2.24) is 19.7 Å². The lowest BCUT2D eigenvalue weighted by Crippen LogP contribution is -2.12. The molecule has 0 radical (unpaired) electrons. The molecule has 0 fully saturated rings. The van der Waals surface area contributed by atoms with Gasteiger partial charge >= 0.3 is 0 Å². The van der Waals surface area contributed by atoms with E-state index in [1.165, 1.54) is 15.6 Å². The van der Waals surface area contributed by atoms with Crippen LogP contribution in [0.3, 0.4) is 0 Å². The van der Waals surface area contributed by atoms with Gasteiger partial charge in [-0.05, 0) is 31.2 Å². The lowest BCUT2D eigenvalue weighted by molar-refractivity contribution is 0.102. The van der Waals surface area contributed by atoms with Crippen molar-refractivity contribution >= 4 is 29.0 Å². The molecule has 0 spiro atoms. The predicted molar refractivity (Wildman–Crippen MR) is 86.1 cm³/mol. The molecule has 0 unspecified atom stereocenters. The number of carbonyl (C=O) groups is 1. The van der Waals surface area contributed by atoms with E-state index in [1.54, 1.807) is 44.6 Å². The maximum atomic E-state index is 12.9. The average Bonchev–Trinajstić information content (AvgIpc) is 3.08. The van der Waals surface area contributed by atoms with Crippen molar-refractivity contribution in [3.05, 3.63) is 63.5 Å². The van der Waals surface area contributed by atoms with Crippen LogP contribution >= 0.6 is 23.2 Å². The Morgan fingerprint density at radius 2 is 2.09 bits per heavy atom. The smallest absolute Gasteiger partial charge is 0.258 e. The Hall–Kier alpha value is -2.31. The van der Waals surface area contributed by atoms with Gasteiger partial charge in [0.2, 0.25) is 5.78 Å². The topological polar surface area (TPSA) is 61.9 Å². The largest absolute Gasteiger partial charge is 0.337 e. The summed E-state index contributed by atoms with van der Waals surface area (Å²) < 4.78 is 1.48. The van der Waals surface area contributed by atoms with Crippen molar-refractivity contribution in [2.75, 3.05) is 0 Å². The highest BCUT2D eigenvalue weighted by atomic mass is 35.5. The minimum absolute atomic E-state index is 0.274. The molecule has 118 valence electrons. The van der Waals surface area contributed by atoms with Crippen molar-refractivity contribution < 1.29 is 9.63 Å². The molecule has 2 heterocycles. The number of halogens is 2. The average molecular weight is 351 g/mol. The molecular weight excluding hydrogens is 339 g/mol. The zero-order chi connectivity index (χ0) is 16.6. The lowest BCUT2D eigenvalue weighted by Gasteiger charge is -2.08. The van der Waals surface area contributed by atoms with E-state index in [0.717, 1.165) is 0 Å². The zero-order valence-electron chi connectivity index (χ0n) is 12.3. The first kappa shape index (κ1) is 15.6. The van der Waals surface area contributed by atoms with Crippen LogP contribution in [0, 0.1) is 6.92 Å². The first-order valence-electron chi connectivity index (χ1n) is 6.68. The Kier molecular flexibility index (Phi) is 4.11. The van der Waals surface area contributed by atoms with E-state index in [9.17, 15) is 4.79 Å². The summed E-state index contributed by atoms with van der Waals surface area (Å²) >= 11 is 12.0. The number of aromatic nitrogens is 4. The fourth-order valence-corrected chi connectivity index (χ4v) is 2.70. The van der Waals surface area contributed by atoms with Gasteiger partial charge in [0.15, 0.2) is 0 Å². The molecule has 0 bridgehead atoms. The van der Waals surface area contributed by atoms with E-state index in [1.807, 2.05) is 0 Å². The van der Waals surface area contributed by atoms with Gasteiger partial charge in [-0.25, -0.2) is 4.68 Å². The van der Waals surface area contributed by atoms with E-state index >= 15 is 0 Å². The summed E-state index contributed by atoms with van der Waals surface area (Å²) in [5.41, 5.74) is 1.19. The van der Waals surface area contributed by atoms with Crippen molar-refractivity contribution in [2.45, 2.75) is 6.92 Å². The normalized spacial score (nSPS) is 10.8. The summed E-state index contributed by atoms with van der Waals surface area (Å²) in [6.07, 6.45) is 3.19. The van der Waals surface area contributed by atoms with Gasteiger partial charge in [-0.2, -0.15) is 5.10 Å². The maximum absolute atomic E-state index is 12.9. The van der Waals surface area contributed by atoms with Gasteiger partial charge in [0.05, 0.1) is 23.1 Å². The van der Waals surface area contributed by atoms with Crippen LogP contribution in [0.25, 0.3) is 0 Å². The van der Waals surface area contributed by atoms with Gasteiger partial charge in [0.25, 0.3) is 5.88 Å². The van der Waals surface area contributed by atoms with Gasteiger partial charge in [-0.1, -0.05) is 28.0 Å². The lowest BCUT2D eigenvalue weighted by atomic mass is 10.0. The zero-order valence-corrected chi connectivity index (χ0v) is 13.8. The molecule has 0 N–H and O–H groups in total. The van der Waals surface area contributed by atoms with Crippen LogP contribution in [0.5, 0.6) is 5.88 Å². The van der Waals surface area contributed by atoms with Crippen LogP contribution in [0.1, 0.15) is 21.6 Å². The van der Waals surface area contributed by atoms with Crippen LogP contribution in [-0.2, 0) is 7.05 Å². The highest BCUT2D eigenvalue weighted by molar-refractivity contribution is 6.37. The second kappa shape index (κ2) is 6.06. The molecule has 3 aromatic rings. The molecule has 0 aliphatic rings. The Morgan fingerprint density at radius 1 is 1.30 bits per heavy atom. The number of aryl methyl sites for hydroxylation is 2. The third-order valence-corrected chi connectivity index (χ3v) is 3.78. The quantitative estimate of drug-likeness (QED) is 0.677. The number of hydrogen-bond donors (Lipinski definition) is 0. The van der Waals surface area contributed by atoms with Crippen LogP contribution in [-0.4, -0.2) is 25.5 Å². The van der Waals surface area contributed by atoms with Crippen LogP contribution in [0.4, 0.5) is 0 Å². The van der Waals surface area contributed by atoms with Gasteiger partial charge in [0, 0.05) is 17.6 Å². The molecule has 2 aromatic heterocycles. The van der Waals surface area contributed by atoms with E-state index < -0.39 is 0 Å². The first-order valence-corrected chi connectivity index (χ1v) is 7.44. The Labute approximate surface area is 142 Å². The summed E-state index contributed by atoms with van der Waals surface area (Å²) in [4.78, 5) is 19.7. The molecule has 8 heteroatoms. The number of ketones is 1. The number of carbonyl (C=O) groups excluding carboxylic acids is 1. The number of benzene rings is 1. The predicted octanol–water partition coefficient (Wildman–Crippen LogP) is 3.30. The minimum atomic E-state index is -0.292. The summed E-state index contributed by atoms with van der Waals surface area (Å²) in [5, 5.41) is 8.94. The Balaban J connectivity index is 2.06. The van der Waals surface area contributed by atoms with E-state index in [-0.39, 0.29) is 16.7 Å².